The number of benzene rings is 3. The monoisotopic (exact) mass is 696 g/mol. The zero-order valence-electron chi connectivity index (χ0n) is 19.5. The Morgan fingerprint density at radius 3 is 2.32 bits per heavy atom. The van der Waals surface area contributed by atoms with Crippen LogP contribution in [-0.4, -0.2) is 28.1 Å². The SMILES string of the molecule is CC(C)N=C1S/C(=C/c2cc(I)c(OCc3ccc4ccccc4c3)c(I)c2)C(=O)N1C(C)C. The summed E-state index contributed by atoms with van der Waals surface area (Å²) in [4.78, 5) is 20.2. The zero-order valence-corrected chi connectivity index (χ0v) is 24.6. The Labute approximate surface area is 232 Å². The van der Waals surface area contributed by atoms with Gasteiger partial charge in [0.05, 0.1) is 12.0 Å². The third-order valence-corrected chi connectivity index (χ3v) is 7.84. The zero-order chi connectivity index (χ0) is 24.4. The summed E-state index contributed by atoms with van der Waals surface area (Å²) in [5.74, 6) is 0.883. The Bertz CT molecular complexity index is 1280. The molecule has 1 amide bonds. The fraction of sp³-hybridized carbons (Fsp3) is 0.259. The molecule has 0 aromatic heterocycles. The standard InChI is InChI=1S/C27H26I2N2O2S/c1-16(2)30-27-31(17(3)4)26(32)24(34-27)14-19-12-22(28)25(23(29)13-19)33-15-18-9-10-20-7-5-6-8-21(20)11-18/h5-14,16-17H,15H2,1-4H3/b24-14+,30-27?. The number of rotatable bonds is 6. The summed E-state index contributed by atoms with van der Waals surface area (Å²) >= 11 is 6.07. The topological polar surface area (TPSA) is 41.9 Å². The van der Waals surface area contributed by atoms with Crippen LogP contribution in [0.15, 0.2) is 64.5 Å². The maximum Gasteiger partial charge on any atom is 0.266 e. The number of halogens is 2. The van der Waals surface area contributed by atoms with E-state index in [1.165, 1.54) is 22.5 Å². The fourth-order valence-corrected chi connectivity index (χ4v) is 7.05. The summed E-state index contributed by atoms with van der Waals surface area (Å²) in [7, 11) is 0. The largest absolute Gasteiger partial charge is 0.487 e. The number of fused-ring (bicyclic) bond motifs is 1. The average Bonchev–Trinajstić information content (AvgIpc) is 3.07. The summed E-state index contributed by atoms with van der Waals surface area (Å²) in [6.45, 7) is 8.60. The second kappa shape index (κ2) is 11.0. The molecule has 1 aliphatic rings. The number of thioether (sulfide) groups is 1. The van der Waals surface area contributed by atoms with E-state index in [1.54, 1.807) is 4.90 Å². The van der Waals surface area contributed by atoms with Crippen molar-refractivity contribution in [3.63, 3.8) is 0 Å². The van der Waals surface area contributed by atoms with Crippen LogP contribution in [0.4, 0.5) is 0 Å². The van der Waals surface area contributed by atoms with E-state index < -0.39 is 0 Å². The van der Waals surface area contributed by atoms with E-state index in [1.807, 2.05) is 33.8 Å². The number of aliphatic imine (C=N–C) groups is 1. The van der Waals surface area contributed by atoms with Gasteiger partial charge >= 0.3 is 0 Å². The van der Waals surface area contributed by atoms with Gasteiger partial charge in [0.2, 0.25) is 0 Å². The quantitative estimate of drug-likeness (QED) is 0.196. The van der Waals surface area contributed by atoms with E-state index >= 15 is 0 Å². The predicted octanol–water partition coefficient (Wildman–Crippen LogP) is 7.72. The third-order valence-electron chi connectivity index (χ3n) is 5.24. The lowest BCUT2D eigenvalue weighted by Gasteiger charge is -2.20. The van der Waals surface area contributed by atoms with Gasteiger partial charge in [-0.15, -0.1) is 0 Å². The summed E-state index contributed by atoms with van der Waals surface area (Å²) in [6.07, 6.45) is 1.96. The van der Waals surface area contributed by atoms with E-state index in [0.717, 1.165) is 29.2 Å². The van der Waals surface area contributed by atoms with Crippen LogP contribution >= 0.6 is 56.9 Å². The van der Waals surface area contributed by atoms with E-state index in [9.17, 15) is 4.79 Å². The maximum absolute atomic E-state index is 13.1. The first-order valence-electron chi connectivity index (χ1n) is 11.1. The molecular formula is C27H26I2N2O2S. The molecular weight excluding hydrogens is 670 g/mol. The number of carbonyl (C=O) groups is 1. The number of carbonyl (C=O) groups excluding carboxylic acids is 1. The molecule has 0 atom stereocenters. The molecule has 0 radical (unpaired) electrons. The molecule has 176 valence electrons. The molecule has 0 bridgehead atoms. The highest BCUT2D eigenvalue weighted by molar-refractivity contribution is 14.1. The van der Waals surface area contributed by atoms with Crippen molar-refractivity contribution >= 4 is 84.9 Å². The summed E-state index contributed by atoms with van der Waals surface area (Å²) in [5.41, 5.74) is 2.12. The highest BCUT2D eigenvalue weighted by Crippen LogP contribution is 2.36. The van der Waals surface area contributed by atoms with Gasteiger partial charge in [0.15, 0.2) is 5.17 Å². The van der Waals surface area contributed by atoms with Crippen molar-refractivity contribution in [1.29, 1.82) is 0 Å². The van der Waals surface area contributed by atoms with Gasteiger partial charge in [-0.2, -0.15) is 0 Å². The molecule has 4 nitrogen and oxygen atoms in total. The van der Waals surface area contributed by atoms with Crippen LogP contribution < -0.4 is 4.74 Å². The fourth-order valence-electron chi connectivity index (χ4n) is 3.69. The van der Waals surface area contributed by atoms with E-state index in [4.69, 9.17) is 4.74 Å². The Kier molecular flexibility index (Phi) is 8.24. The summed E-state index contributed by atoms with van der Waals surface area (Å²) in [5, 5.41) is 3.22. The maximum atomic E-state index is 13.1. The predicted molar refractivity (Wildman–Crippen MR) is 160 cm³/mol. The van der Waals surface area contributed by atoms with Crippen LogP contribution in [0.25, 0.3) is 16.8 Å². The minimum absolute atomic E-state index is 0.0149. The Morgan fingerprint density at radius 1 is 1.00 bits per heavy atom. The highest BCUT2D eigenvalue weighted by Gasteiger charge is 2.35. The lowest BCUT2D eigenvalue weighted by molar-refractivity contribution is -0.123. The normalized spacial score (nSPS) is 16.6. The van der Waals surface area contributed by atoms with Crippen molar-refractivity contribution in [1.82, 2.24) is 4.90 Å². The number of ether oxygens (including phenoxy) is 1. The van der Waals surface area contributed by atoms with Crippen LogP contribution in [0.5, 0.6) is 5.75 Å². The molecule has 1 saturated heterocycles. The molecule has 1 heterocycles. The molecule has 0 N–H and O–H groups in total. The number of amides is 1. The van der Waals surface area contributed by atoms with E-state index in [2.05, 4.69) is 105 Å². The molecule has 1 aliphatic heterocycles. The Hall–Kier alpha value is -1.59. The highest BCUT2D eigenvalue weighted by atomic mass is 127. The van der Waals surface area contributed by atoms with Gasteiger partial charge in [-0.3, -0.25) is 14.7 Å². The molecule has 4 rings (SSSR count). The molecule has 7 heteroatoms. The lowest BCUT2D eigenvalue weighted by atomic mass is 10.1. The molecule has 0 saturated carbocycles. The number of amidine groups is 1. The molecule has 1 fully saturated rings. The third kappa shape index (κ3) is 5.79. The average molecular weight is 696 g/mol. The van der Waals surface area contributed by atoms with E-state index in [0.29, 0.717) is 11.5 Å². The van der Waals surface area contributed by atoms with E-state index in [-0.39, 0.29) is 18.0 Å². The second-order valence-corrected chi connectivity index (χ2v) is 12.0. The van der Waals surface area contributed by atoms with Gasteiger partial charge in [0.1, 0.15) is 12.4 Å². The molecule has 34 heavy (non-hydrogen) atoms. The van der Waals surface area contributed by atoms with Crippen LogP contribution in [0.2, 0.25) is 0 Å². The lowest BCUT2D eigenvalue weighted by Crippen LogP contribution is -2.35. The molecule has 0 spiro atoms. The van der Waals surface area contributed by atoms with Crippen molar-refractivity contribution < 1.29 is 9.53 Å². The molecule has 3 aromatic rings. The number of hydrogen-bond donors (Lipinski definition) is 0. The second-order valence-electron chi connectivity index (χ2n) is 8.67. The van der Waals surface area contributed by atoms with Crippen molar-refractivity contribution in [2.45, 2.75) is 46.4 Å². The first kappa shape index (κ1) is 25.5. The van der Waals surface area contributed by atoms with Gasteiger partial charge in [0, 0.05) is 12.1 Å². The van der Waals surface area contributed by atoms with Gasteiger partial charge < -0.3 is 4.74 Å². The van der Waals surface area contributed by atoms with Crippen molar-refractivity contribution in [2.24, 2.45) is 4.99 Å². The van der Waals surface area contributed by atoms with Crippen molar-refractivity contribution in [2.75, 3.05) is 0 Å². The first-order chi connectivity index (χ1) is 16.2. The van der Waals surface area contributed by atoms with Gasteiger partial charge in [-0.1, -0.05) is 36.4 Å². The summed E-state index contributed by atoms with van der Waals surface area (Å²) in [6, 6.07) is 19.1. The van der Waals surface area contributed by atoms with Gasteiger partial charge in [-0.25, -0.2) is 0 Å². The van der Waals surface area contributed by atoms with Gasteiger partial charge in [-0.05, 0) is 131 Å². The van der Waals surface area contributed by atoms with Crippen LogP contribution in [0.3, 0.4) is 0 Å². The first-order valence-corrected chi connectivity index (χ1v) is 14.1. The van der Waals surface area contributed by atoms with Crippen molar-refractivity contribution in [3.05, 3.63) is 77.8 Å². The molecule has 0 unspecified atom stereocenters. The number of nitrogens with zero attached hydrogens (tertiary/aromatic N) is 2. The smallest absolute Gasteiger partial charge is 0.266 e. The Morgan fingerprint density at radius 2 is 1.68 bits per heavy atom. The van der Waals surface area contributed by atoms with Crippen molar-refractivity contribution in [3.8, 4) is 5.75 Å². The molecule has 3 aromatic carbocycles. The minimum atomic E-state index is 0.0149. The summed E-state index contributed by atoms with van der Waals surface area (Å²) < 4.78 is 8.26. The Balaban J connectivity index is 1.55. The van der Waals surface area contributed by atoms with Gasteiger partial charge in [0.25, 0.3) is 5.91 Å². The van der Waals surface area contributed by atoms with Crippen LogP contribution in [-0.2, 0) is 11.4 Å². The number of hydrogen-bond acceptors (Lipinski definition) is 4. The molecule has 0 aliphatic carbocycles. The van der Waals surface area contributed by atoms with Crippen LogP contribution in [0, 0.1) is 7.14 Å². The minimum Gasteiger partial charge on any atom is -0.487 e. The van der Waals surface area contributed by atoms with Crippen LogP contribution in [0.1, 0.15) is 38.8 Å².